The number of rotatable bonds is 50. The van der Waals surface area contributed by atoms with Gasteiger partial charge in [-0.15, -0.1) is 0 Å². The predicted octanol–water partition coefficient (Wildman–Crippen LogP) is 16.0. The van der Waals surface area contributed by atoms with Crippen LogP contribution >= 0.6 is 0 Å². The Morgan fingerprint density at radius 1 is 0.430 bits per heavy atom. The number of ether oxygens (including phenoxy) is 5. The van der Waals surface area contributed by atoms with Gasteiger partial charge < -0.3 is 39.0 Å². The van der Waals surface area contributed by atoms with Crippen LogP contribution in [-0.4, -0.2) is 89.2 Å². The highest BCUT2D eigenvalue weighted by molar-refractivity contribution is 5.74. The van der Waals surface area contributed by atoms with Gasteiger partial charge >= 0.3 is 23.9 Å². The second-order valence-electron chi connectivity index (χ2n) is 20.2. The molecule has 0 radical (unpaired) electrons. The first-order chi connectivity index (χ1) is 38.6. The van der Waals surface area contributed by atoms with Crippen LogP contribution in [0.4, 0.5) is 0 Å². The summed E-state index contributed by atoms with van der Waals surface area (Å²) >= 11 is 0. The minimum Gasteiger partial charge on any atom is -0.479 e. The fourth-order valence-corrected chi connectivity index (χ4v) is 8.44. The molecule has 0 aliphatic carbocycles. The maximum Gasteiger partial charge on any atom is 0.335 e. The molecule has 1 rings (SSSR count). The number of allylic oxidation sites excluding steroid dienone is 20. The van der Waals surface area contributed by atoms with Crippen LogP contribution < -0.4 is 0 Å². The molecule has 12 nitrogen and oxygen atoms in total. The summed E-state index contributed by atoms with van der Waals surface area (Å²) < 4.78 is 28.3. The molecule has 3 N–H and O–H groups in total. The maximum atomic E-state index is 13.1. The highest BCUT2D eigenvalue weighted by Crippen LogP contribution is 2.26. The molecule has 1 fully saturated rings. The Hall–Kier alpha value is -4.88. The number of esters is 3. The van der Waals surface area contributed by atoms with Crippen molar-refractivity contribution in [3.63, 3.8) is 0 Å². The summed E-state index contributed by atoms with van der Waals surface area (Å²) in [6.45, 7) is 5.68. The van der Waals surface area contributed by atoms with Gasteiger partial charge in [0.2, 0.25) is 0 Å². The van der Waals surface area contributed by atoms with E-state index in [1.54, 1.807) is 0 Å². The summed E-state index contributed by atoms with van der Waals surface area (Å²) in [5.74, 6) is -3.26. The Morgan fingerprint density at radius 2 is 0.823 bits per heavy atom. The Labute approximate surface area is 478 Å². The lowest BCUT2D eigenvalue weighted by Crippen LogP contribution is -2.61. The zero-order chi connectivity index (χ0) is 57.5. The molecule has 0 spiro atoms. The van der Waals surface area contributed by atoms with Crippen LogP contribution in [-0.2, 0) is 42.9 Å². The van der Waals surface area contributed by atoms with Crippen LogP contribution in [0.15, 0.2) is 122 Å². The van der Waals surface area contributed by atoms with Crippen molar-refractivity contribution in [2.75, 3.05) is 13.2 Å². The number of hydrogen-bond acceptors (Lipinski definition) is 11. The Balaban J connectivity index is 2.71. The number of aliphatic hydroxyl groups excluding tert-OH is 2. The third-order valence-corrected chi connectivity index (χ3v) is 13.0. The number of carboxylic acids is 1. The van der Waals surface area contributed by atoms with E-state index >= 15 is 0 Å². The lowest BCUT2D eigenvalue weighted by atomic mass is 9.98. The SMILES string of the molecule is CC/C=C\C/C=C\C/C=C\C/C=C\C/C=C\C/C=C\CCC(=O)OCC(COC1OC(C(=O)O)C(O)C(O)C1OC(=O)CCCCCCCC/C=C\C/C=C\C/C=C\C/C=C\CC)OC(=O)CCCCCCCCCCCCC. The average Bonchev–Trinajstić information content (AvgIpc) is 3.48. The summed E-state index contributed by atoms with van der Waals surface area (Å²) in [7, 11) is 0. The second-order valence-corrected chi connectivity index (χ2v) is 20.2. The minimum absolute atomic E-state index is 0.0319. The van der Waals surface area contributed by atoms with Gasteiger partial charge in [-0.2, -0.15) is 0 Å². The first kappa shape index (κ1) is 72.1. The summed E-state index contributed by atoms with van der Waals surface area (Å²) in [6, 6.07) is 0. The number of aliphatic hydroxyl groups is 2. The van der Waals surface area contributed by atoms with Crippen molar-refractivity contribution in [3.05, 3.63) is 122 Å². The number of carboxylic acid groups (broad SMARTS) is 1. The van der Waals surface area contributed by atoms with Crippen molar-refractivity contribution in [1.82, 2.24) is 0 Å². The van der Waals surface area contributed by atoms with E-state index in [2.05, 4.69) is 130 Å². The topological polar surface area (TPSA) is 175 Å². The van der Waals surface area contributed by atoms with E-state index < -0.39 is 67.3 Å². The van der Waals surface area contributed by atoms with Gasteiger partial charge in [-0.05, 0) is 96.3 Å². The molecule has 6 unspecified atom stereocenters. The normalized spacial score (nSPS) is 18.7. The number of aliphatic carboxylic acids is 1. The van der Waals surface area contributed by atoms with Gasteiger partial charge in [0.25, 0.3) is 0 Å². The average molecular weight is 1100 g/mol. The lowest BCUT2D eigenvalue weighted by Gasteiger charge is -2.40. The van der Waals surface area contributed by atoms with Crippen molar-refractivity contribution in [1.29, 1.82) is 0 Å². The number of carbonyl (C=O) groups is 4. The molecule has 1 aliphatic rings. The zero-order valence-electron chi connectivity index (χ0n) is 49.1. The third-order valence-electron chi connectivity index (χ3n) is 13.0. The van der Waals surface area contributed by atoms with Gasteiger partial charge in [-0.3, -0.25) is 14.4 Å². The highest BCUT2D eigenvalue weighted by Gasteiger charge is 2.50. The molecule has 0 aromatic heterocycles. The van der Waals surface area contributed by atoms with E-state index in [1.807, 2.05) is 12.2 Å². The number of unbranched alkanes of at least 4 members (excludes halogenated alkanes) is 16. The molecule has 6 atom stereocenters. The summed E-state index contributed by atoms with van der Waals surface area (Å²) in [6.07, 6.45) is 61.8. The summed E-state index contributed by atoms with van der Waals surface area (Å²) in [5, 5.41) is 31.5. The van der Waals surface area contributed by atoms with E-state index in [1.165, 1.54) is 44.9 Å². The molecule has 12 heteroatoms. The van der Waals surface area contributed by atoms with Gasteiger partial charge in [0, 0.05) is 19.3 Å². The quantitative estimate of drug-likeness (QED) is 0.0228. The largest absolute Gasteiger partial charge is 0.479 e. The van der Waals surface area contributed by atoms with Gasteiger partial charge in [-0.1, -0.05) is 232 Å². The fraction of sp³-hybridized carbons (Fsp3) is 0.642. The van der Waals surface area contributed by atoms with Gasteiger partial charge in [0.1, 0.15) is 18.8 Å². The van der Waals surface area contributed by atoms with E-state index in [0.29, 0.717) is 19.3 Å². The van der Waals surface area contributed by atoms with Crippen molar-refractivity contribution >= 4 is 23.9 Å². The van der Waals surface area contributed by atoms with E-state index in [4.69, 9.17) is 23.7 Å². The second kappa shape index (κ2) is 53.7. The predicted molar refractivity (Wildman–Crippen MR) is 321 cm³/mol. The van der Waals surface area contributed by atoms with Crippen LogP contribution in [0.1, 0.15) is 226 Å². The first-order valence-corrected chi connectivity index (χ1v) is 30.5. The van der Waals surface area contributed by atoms with Crippen molar-refractivity contribution in [2.24, 2.45) is 0 Å². The zero-order valence-corrected chi connectivity index (χ0v) is 49.1. The molecular formula is C67H106O12. The van der Waals surface area contributed by atoms with E-state index in [0.717, 1.165) is 122 Å². The van der Waals surface area contributed by atoms with Gasteiger partial charge in [0.15, 0.2) is 24.6 Å². The molecule has 79 heavy (non-hydrogen) atoms. The minimum atomic E-state index is -1.92. The molecule has 0 aromatic rings. The molecular weight excluding hydrogens is 997 g/mol. The van der Waals surface area contributed by atoms with Crippen LogP contribution in [0, 0.1) is 0 Å². The Kier molecular flexibility index (Phi) is 49.1. The van der Waals surface area contributed by atoms with Crippen LogP contribution in [0.3, 0.4) is 0 Å². The third kappa shape index (κ3) is 43.6. The first-order valence-electron chi connectivity index (χ1n) is 30.5. The molecule has 0 amide bonds. The van der Waals surface area contributed by atoms with E-state index in [9.17, 15) is 34.5 Å². The van der Waals surface area contributed by atoms with Gasteiger partial charge in [0.05, 0.1) is 6.61 Å². The fourth-order valence-electron chi connectivity index (χ4n) is 8.44. The Bertz CT molecular complexity index is 1840. The van der Waals surface area contributed by atoms with E-state index in [-0.39, 0.29) is 25.9 Å². The molecule has 1 heterocycles. The molecule has 1 saturated heterocycles. The number of carbonyl (C=O) groups excluding carboxylic acids is 3. The number of hydrogen-bond donors (Lipinski definition) is 3. The maximum absolute atomic E-state index is 13.1. The standard InChI is InChI=1S/C67H106O12/c1-4-7-10-13-16-19-22-24-26-28-30-32-34-36-39-41-44-47-50-53-59(68)75-56-58(77-60(69)54-51-48-45-42-38-21-18-15-12-9-6-3)57-76-67-65(63(72)62(71)64(79-67)66(73)74)78-61(70)55-52-49-46-43-40-37-35-33-31-29-27-25-23-20-17-14-11-8-5-2/h7-8,10-11,16-17,19-20,24-27,30-33,36,39,44,47,58,62-65,67,71-72H,4-6,9,12-15,18,21-23,28-29,34-35,37-38,40-43,45-46,48-57H2,1-3H3,(H,73,74)/b10-7-,11-8-,19-16-,20-17-,26-24-,27-25-,32-30-,33-31-,39-36-,47-44-. The summed E-state index contributed by atoms with van der Waals surface area (Å²) in [4.78, 5) is 51.1. The van der Waals surface area contributed by atoms with Crippen LogP contribution in [0.2, 0.25) is 0 Å². The smallest absolute Gasteiger partial charge is 0.335 e. The molecule has 0 saturated carbocycles. The molecule has 1 aliphatic heterocycles. The van der Waals surface area contributed by atoms with Crippen LogP contribution in [0.5, 0.6) is 0 Å². The highest BCUT2D eigenvalue weighted by atomic mass is 16.7. The summed E-state index contributed by atoms with van der Waals surface area (Å²) in [5.41, 5.74) is 0. The van der Waals surface area contributed by atoms with Crippen molar-refractivity contribution in [2.45, 2.75) is 263 Å². The van der Waals surface area contributed by atoms with Gasteiger partial charge in [-0.25, -0.2) is 4.79 Å². The Morgan fingerprint density at radius 3 is 1.27 bits per heavy atom. The van der Waals surface area contributed by atoms with Crippen molar-refractivity contribution in [3.8, 4) is 0 Å². The molecule has 0 bridgehead atoms. The van der Waals surface area contributed by atoms with Crippen LogP contribution in [0.25, 0.3) is 0 Å². The molecule has 446 valence electrons. The molecule has 0 aromatic carbocycles. The lowest BCUT2D eigenvalue weighted by molar-refractivity contribution is -0.301. The van der Waals surface area contributed by atoms with Crippen molar-refractivity contribution < 1.29 is 58.2 Å². The monoisotopic (exact) mass is 1100 g/mol.